The van der Waals surface area contributed by atoms with Gasteiger partial charge in [-0.25, -0.2) is 0 Å². The number of amides is 1. The maximum atomic E-state index is 12.5. The van der Waals surface area contributed by atoms with Crippen molar-refractivity contribution in [1.29, 1.82) is 0 Å². The van der Waals surface area contributed by atoms with Crippen molar-refractivity contribution in [3.05, 3.63) is 35.4 Å². The number of allylic oxidation sites excluding steroid dienone is 1. The number of Topliss-reactive ketones (excluding diaryl/α,β-unsaturated/α-hetero) is 1. The molecule has 0 spiro atoms. The summed E-state index contributed by atoms with van der Waals surface area (Å²) in [6, 6.07) is 4.81. The number of benzene rings is 1. The monoisotopic (exact) mass is 273 g/mol. The molecule has 0 bridgehead atoms. The van der Waals surface area contributed by atoms with Gasteiger partial charge in [0.25, 0.3) is 0 Å². The molecule has 1 unspecified atom stereocenters. The highest BCUT2D eigenvalue weighted by Gasteiger charge is 2.38. The lowest BCUT2D eigenvalue weighted by molar-refractivity contribution is -0.116. The Balaban J connectivity index is 2.44. The largest absolute Gasteiger partial charge is 0.497 e. The molecule has 1 aromatic carbocycles. The summed E-state index contributed by atoms with van der Waals surface area (Å²) >= 11 is 0. The minimum absolute atomic E-state index is 0.0217. The van der Waals surface area contributed by atoms with Crippen molar-refractivity contribution >= 4 is 17.4 Å². The van der Waals surface area contributed by atoms with E-state index in [1.165, 1.54) is 6.92 Å². The third-order valence-corrected chi connectivity index (χ3v) is 3.43. The number of ether oxygens (including phenoxy) is 1. The molecule has 1 amide bonds. The summed E-state index contributed by atoms with van der Waals surface area (Å²) in [5, 5.41) is 0. The standard InChI is InChI=1S/C16H19NO3/c1-10(2)5-7-15-16(19)13-9-12(20-4)6-8-14(13)17(15)11(3)18/h5-6,8-9,15H,7H2,1-4H3. The first-order chi connectivity index (χ1) is 9.45. The molecule has 1 atom stereocenters. The third-order valence-electron chi connectivity index (χ3n) is 3.43. The van der Waals surface area contributed by atoms with E-state index in [0.29, 0.717) is 23.4 Å². The molecule has 4 nitrogen and oxygen atoms in total. The fourth-order valence-electron chi connectivity index (χ4n) is 2.46. The molecule has 0 N–H and O–H groups in total. The van der Waals surface area contributed by atoms with Crippen LogP contribution in [0.25, 0.3) is 0 Å². The number of carbonyl (C=O) groups is 2. The fraction of sp³-hybridized carbons (Fsp3) is 0.375. The molecule has 0 saturated heterocycles. The number of ketones is 1. The zero-order chi connectivity index (χ0) is 14.9. The number of hydrogen-bond donors (Lipinski definition) is 0. The smallest absolute Gasteiger partial charge is 0.224 e. The maximum absolute atomic E-state index is 12.5. The molecule has 0 fully saturated rings. The molecule has 1 aromatic rings. The highest BCUT2D eigenvalue weighted by atomic mass is 16.5. The number of hydrogen-bond acceptors (Lipinski definition) is 3. The zero-order valence-electron chi connectivity index (χ0n) is 12.3. The van der Waals surface area contributed by atoms with Gasteiger partial charge in [-0.2, -0.15) is 0 Å². The lowest BCUT2D eigenvalue weighted by Gasteiger charge is -2.22. The van der Waals surface area contributed by atoms with Crippen molar-refractivity contribution in [2.45, 2.75) is 33.2 Å². The Labute approximate surface area is 119 Å². The van der Waals surface area contributed by atoms with Gasteiger partial charge in [-0.1, -0.05) is 11.6 Å². The van der Waals surface area contributed by atoms with Gasteiger partial charge in [0, 0.05) is 12.5 Å². The van der Waals surface area contributed by atoms with E-state index in [4.69, 9.17) is 4.74 Å². The second-order valence-electron chi connectivity index (χ2n) is 5.17. The average molecular weight is 273 g/mol. The topological polar surface area (TPSA) is 46.6 Å². The number of methoxy groups -OCH3 is 1. The lowest BCUT2D eigenvalue weighted by atomic mass is 10.0. The van der Waals surface area contributed by atoms with Crippen molar-refractivity contribution in [1.82, 2.24) is 0 Å². The van der Waals surface area contributed by atoms with Crippen LogP contribution in [0.4, 0.5) is 5.69 Å². The van der Waals surface area contributed by atoms with E-state index in [2.05, 4.69) is 0 Å². The maximum Gasteiger partial charge on any atom is 0.224 e. The molecule has 4 heteroatoms. The summed E-state index contributed by atoms with van der Waals surface area (Å²) in [4.78, 5) is 26.0. The quantitative estimate of drug-likeness (QED) is 0.795. The van der Waals surface area contributed by atoms with Crippen LogP contribution in [0.3, 0.4) is 0 Å². The van der Waals surface area contributed by atoms with Gasteiger partial charge in [-0.3, -0.25) is 9.59 Å². The molecule has 20 heavy (non-hydrogen) atoms. The van der Waals surface area contributed by atoms with Crippen LogP contribution in [0.2, 0.25) is 0 Å². The molecule has 0 aromatic heterocycles. The number of carbonyl (C=O) groups excluding carboxylic acids is 2. The fourth-order valence-corrected chi connectivity index (χ4v) is 2.46. The van der Waals surface area contributed by atoms with Crippen LogP contribution in [0, 0.1) is 0 Å². The SMILES string of the molecule is COc1ccc2c(c1)C(=O)C(CC=C(C)C)N2C(C)=O. The Morgan fingerprint density at radius 3 is 2.60 bits per heavy atom. The minimum Gasteiger partial charge on any atom is -0.497 e. The van der Waals surface area contributed by atoms with Crippen LogP contribution in [-0.2, 0) is 4.79 Å². The second-order valence-corrected chi connectivity index (χ2v) is 5.17. The number of nitrogens with zero attached hydrogens (tertiary/aromatic N) is 1. The predicted octanol–water partition coefficient (Wildman–Crippen LogP) is 2.97. The Bertz CT molecular complexity index is 585. The van der Waals surface area contributed by atoms with Gasteiger partial charge in [0.05, 0.1) is 12.8 Å². The second kappa shape index (κ2) is 5.49. The van der Waals surface area contributed by atoms with Crippen LogP contribution in [-0.4, -0.2) is 24.8 Å². The van der Waals surface area contributed by atoms with Gasteiger partial charge in [-0.05, 0) is 38.5 Å². The zero-order valence-corrected chi connectivity index (χ0v) is 12.3. The Morgan fingerprint density at radius 1 is 1.35 bits per heavy atom. The van der Waals surface area contributed by atoms with E-state index in [0.717, 1.165) is 5.57 Å². The minimum atomic E-state index is -0.440. The van der Waals surface area contributed by atoms with Crippen molar-refractivity contribution < 1.29 is 14.3 Å². The van der Waals surface area contributed by atoms with E-state index in [9.17, 15) is 9.59 Å². The van der Waals surface area contributed by atoms with Gasteiger partial charge in [-0.15, -0.1) is 0 Å². The molecule has 106 valence electrons. The Kier molecular flexibility index (Phi) is 3.93. The molecule has 0 saturated carbocycles. The third kappa shape index (κ3) is 2.46. The van der Waals surface area contributed by atoms with Gasteiger partial charge in [0.15, 0.2) is 5.78 Å². The van der Waals surface area contributed by atoms with Crippen molar-refractivity contribution in [2.75, 3.05) is 12.0 Å². The summed E-state index contributed by atoms with van der Waals surface area (Å²) in [5.41, 5.74) is 2.37. The first kappa shape index (κ1) is 14.3. The van der Waals surface area contributed by atoms with E-state index in [1.54, 1.807) is 30.2 Å². The first-order valence-corrected chi connectivity index (χ1v) is 6.61. The summed E-state index contributed by atoms with van der Waals surface area (Å²) in [5.74, 6) is 0.490. The number of rotatable bonds is 3. The van der Waals surface area contributed by atoms with E-state index < -0.39 is 6.04 Å². The van der Waals surface area contributed by atoms with Crippen LogP contribution in [0.15, 0.2) is 29.8 Å². The molecule has 0 radical (unpaired) electrons. The van der Waals surface area contributed by atoms with E-state index in [-0.39, 0.29) is 11.7 Å². The molecular formula is C16H19NO3. The van der Waals surface area contributed by atoms with Gasteiger partial charge < -0.3 is 9.64 Å². The van der Waals surface area contributed by atoms with Gasteiger partial charge >= 0.3 is 0 Å². The van der Waals surface area contributed by atoms with Crippen molar-refractivity contribution in [2.24, 2.45) is 0 Å². The van der Waals surface area contributed by atoms with Gasteiger partial charge in [0.1, 0.15) is 11.8 Å². The van der Waals surface area contributed by atoms with Crippen LogP contribution < -0.4 is 9.64 Å². The molecule has 1 aliphatic rings. The molecular weight excluding hydrogens is 254 g/mol. The molecule has 0 aliphatic carbocycles. The first-order valence-electron chi connectivity index (χ1n) is 6.61. The predicted molar refractivity (Wildman–Crippen MR) is 78.3 cm³/mol. The molecule has 1 heterocycles. The van der Waals surface area contributed by atoms with Crippen LogP contribution in [0.5, 0.6) is 5.75 Å². The van der Waals surface area contributed by atoms with Crippen LogP contribution in [0.1, 0.15) is 37.6 Å². The molecule has 2 rings (SSSR count). The van der Waals surface area contributed by atoms with Gasteiger partial charge in [0.2, 0.25) is 5.91 Å². The summed E-state index contributed by atoms with van der Waals surface area (Å²) in [6.45, 7) is 5.45. The summed E-state index contributed by atoms with van der Waals surface area (Å²) in [6.07, 6.45) is 2.53. The highest BCUT2D eigenvalue weighted by molar-refractivity contribution is 6.17. The number of anilines is 1. The molecule has 1 aliphatic heterocycles. The van der Waals surface area contributed by atoms with Crippen molar-refractivity contribution in [3.63, 3.8) is 0 Å². The Morgan fingerprint density at radius 2 is 2.05 bits per heavy atom. The number of fused-ring (bicyclic) bond motifs is 1. The van der Waals surface area contributed by atoms with Crippen molar-refractivity contribution in [3.8, 4) is 5.75 Å². The Hall–Kier alpha value is -2.10. The lowest BCUT2D eigenvalue weighted by Crippen LogP contribution is -2.38. The average Bonchev–Trinajstić information content (AvgIpc) is 2.68. The van der Waals surface area contributed by atoms with E-state index in [1.807, 2.05) is 19.9 Å². The summed E-state index contributed by atoms with van der Waals surface area (Å²) in [7, 11) is 1.56. The summed E-state index contributed by atoms with van der Waals surface area (Å²) < 4.78 is 5.15. The normalized spacial score (nSPS) is 16.9. The van der Waals surface area contributed by atoms with Crippen LogP contribution >= 0.6 is 0 Å². The highest BCUT2D eigenvalue weighted by Crippen LogP contribution is 2.36. The van der Waals surface area contributed by atoms with E-state index >= 15 is 0 Å².